The molecule has 0 spiro atoms. The second-order valence-corrected chi connectivity index (χ2v) is 5.84. The van der Waals surface area contributed by atoms with E-state index < -0.39 is 5.97 Å². The first-order valence-electron chi connectivity index (χ1n) is 7.55. The van der Waals surface area contributed by atoms with Gasteiger partial charge in [-0.05, 0) is 35.9 Å². The maximum absolute atomic E-state index is 11.9. The van der Waals surface area contributed by atoms with Crippen molar-refractivity contribution in [1.82, 2.24) is 9.38 Å². The first kappa shape index (κ1) is 15.5. The number of nitrogens with zero attached hydrogens (tertiary/aromatic N) is 2. The molecule has 25 heavy (non-hydrogen) atoms. The number of ether oxygens (including phenoxy) is 3. The highest BCUT2D eigenvalue weighted by Crippen LogP contribution is 2.32. The summed E-state index contributed by atoms with van der Waals surface area (Å²) in [6, 6.07) is 9.00. The largest absolute Gasteiger partial charge is 0.456 e. The number of hydrogen-bond donors (Lipinski definition) is 0. The number of hydrogen-bond acceptors (Lipinski definition) is 5. The van der Waals surface area contributed by atoms with Crippen LogP contribution in [-0.4, -0.2) is 22.1 Å². The molecule has 0 unspecified atom stereocenters. The van der Waals surface area contributed by atoms with Crippen LogP contribution in [0.5, 0.6) is 11.5 Å². The Kier molecular flexibility index (Phi) is 4.03. The van der Waals surface area contributed by atoms with Crippen LogP contribution in [0.1, 0.15) is 11.3 Å². The van der Waals surface area contributed by atoms with Crippen LogP contribution in [0.15, 0.2) is 48.8 Å². The van der Waals surface area contributed by atoms with E-state index in [1.54, 1.807) is 47.1 Å². The Morgan fingerprint density at radius 3 is 3.04 bits per heavy atom. The predicted molar refractivity (Wildman–Crippen MR) is 91.6 cm³/mol. The summed E-state index contributed by atoms with van der Waals surface area (Å²) in [6.07, 6.45) is 6.54. The molecule has 0 atom stereocenters. The van der Waals surface area contributed by atoms with Crippen LogP contribution in [0.3, 0.4) is 0 Å². The maximum Gasteiger partial charge on any atom is 0.331 e. The number of pyridine rings is 1. The van der Waals surface area contributed by atoms with Gasteiger partial charge in [0.25, 0.3) is 0 Å². The van der Waals surface area contributed by atoms with Crippen molar-refractivity contribution in [3.8, 4) is 11.5 Å². The van der Waals surface area contributed by atoms with E-state index in [4.69, 9.17) is 25.8 Å². The third kappa shape index (κ3) is 3.44. The first-order chi connectivity index (χ1) is 12.2. The third-order valence-electron chi connectivity index (χ3n) is 3.64. The molecule has 2 aromatic heterocycles. The SMILES string of the molecule is O=C(C=Cc1ccc2c(c1)OCO2)OCc1cn2cc(Cl)ccc2n1. The molecule has 0 bridgehead atoms. The van der Waals surface area contributed by atoms with Crippen molar-refractivity contribution < 1.29 is 19.0 Å². The van der Waals surface area contributed by atoms with Gasteiger partial charge < -0.3 is 18.6 Å². The Hall–Kier alpha value is -2.99. The number of rotatable bonds is 4. The van der Waals surface area contributed by atoms with E-state index in [1.807, 2.05) is 6.07 Å². The summed E-state index contributed by atoms with van der Waals surface area (Å²) in [5.74, 6) is 0.915. The van der Waals surface area contributed by atoms with Crippen LogP contribution in [0.2, 0.25) is 5.02 Å². The Morgan fingerprint density at radius 2 is 2.12 bits per heavy atom. The molecule has 1 aromatic carbocycles. The molecule has 0 saturated carbocycles. The van der Waals surface area contributed by atoms with Crippen LogP contribution in [0, 0.1) is 0 Å². The molecule has 0 aliphatic carbocycles. The third-order valence-corrected chi connectivity index (χ3v) is 3.86. The summed E-state index contributed by atoms with van der Waals surface area (Å²) in [5, 5.41) is 0.611. The molecule has 7 heteroatoms. The molecule has 1 aliphatic heterocycles. The van der Waals surface area contributed by atoms with E-state index in [9.17, 15) is 4.79 Å². The van der Waals surface area contributed by atoms with E-state index in [0.29, 0.717) is 22.2 Å². The lowest BCUT2D eigenvalue weighted by molar-refractivity contribution is -0.139. The lowest BCUT2D eigenvalue weighted by Crippen LogP contribution is -2.00. The summed E-state index contributed by atoms with van der Waals surface area (Å²) >= 11 is 5.93. The molecule has 0 amide bonds. The number of imidazole rings is 1. The maximum atomic E-state index is 11.9. The van der Waals surface area contributed by atoms with Gasteiger partial charge >= 0.3 is 5.97 Å². The molecular weight excluding hydrogens is 344 g/mol. The molecule has 3 heterocycles. The van der Waals surface area contributed by atoms with Crippen molar-refractivity contribution in [1.29, 1.82) is 0 Å². The molecule has 0 saturated heterocycles. The number of fused-ring (bicyclic) bond motifs is 2. The molecular formula is C18H13ClN2O4. The first-order valence-corrected chi connectivity index (χ1v) is 7.93. The topological polar surface area (TPSA) is 62.1 Å². The van der Waals surface area contributed by atoms with Crippen molar-refractivity contribution in [3.05, 3.63) is 65.1 Å². The van der Waals surface area contributed by atoms with Crippen LogP contribution in [-0.2, 0) is 16.1 Å². The quantitative estimate of drug-likeness (QED) is 0.529. The Bertz CT molecular complexity index is 980. The zero-order valence-electron chi connectivity index (χ0n) is 13.0. The minimum atomic E-state index is -0.451. The van der Waals surface area contributed by atoms with E-state index in [0.717, 1.165) is 11.2 Å². The van der Waals surface area contributed by atoms with Gasteiger partial charge in [-0.1, -0.05) is 17.7 Å². The highest BCUT2D eigenvalue weighted by Gasteiger charge is 2.12. The Morgan fingerprint density at radius 1 is 1.24 bits per heavy atom. The van der Waals surface area contributed by atoms with Crippen LogP contribution in [0.25, 0.3) is 11.7 Å². The molecule has 3 aromatic rings. The zero-order valence-corrected chi connectivity index (χ0v) is 13.8. The van der Waals surface area contributed by atoms with Gasteiger partial charge in [0.05, 0.1) is 10.7 Å². The number of benzene rings is 1. The lowest BCUT2D eigenvalue weighted by Gasteiger charge is -1.99. The highest BCUT2D eigenvalue weighted by molar-refractivity contribution is 6.30. The summed E-state index contributed by atoms with van der Waals surface area (Å²) in [4.78, 5) is 16.2. The number of aromatic nitrogens is 2. The molecule has 126 valence electrons. The van der Waals surface area contributed by atoms with Gasteiger partial charge in [0, 0.05) is 18.5 Å². The molecule has 0 N–H and O–H groups in total. The van der Waals surface area contributed by atoms with Crippen LogP contribution >= 0.6 is 11.6 Å². The normalized spacial score (nSPS) is 12.8. The van der Waals surface area contributed by atoms with Crippen molar-refractivity contribution in [2.24, 2.45) is 0 Å². The number of carbonyl (C=O) groups excluding carboxylic acids is 1. The van der Waals surface area contributed by atoms with Gasteiger partial charge in [-0.3, -0.25) is 0 Å². The number of carbonyl (C=O) groups is 1. The van der Waals surface area contributed by atoms with Crippen molar-refractivity contribution in [2.75, 3.05) is 6.79 Å². The molecule has 1 aliphatic rings. The van der Waals surface area contributed by atoms with Crippen LogP contribution < -0.4 is 9.47 Å². The van der Waals surface area contributed by atoms with Gasteiger partial charge in [0.2, 0.25) is 6.79 Å². The van der Waals surface area contributed by atoms with Gasteiger partial charge in [0.15, 0.2) is 11.5 Å². The Labute approximate surface area is 148 Å². The van der Waals surface area contributed by atoms with Crippen LogP contribution in [0.4, 0.5) is 0 Å². The fourth-order valence-electron chi connectivity index (χ4n) is 2.46. The average Bonchev–Trinajstić information content (AvgIpc) is 3.23. The summed E-state index contributed by atoms with van der Waals surface area (Å²) < 4.78 is 17.5. The second kappa shape index (κ2) is 6.49. The fraction of sp³-hybridized carbons (Fsp3) is 0.111. The Balaban J connectivity index is 1.38. The minimum absolute atomic E-state index is 0.0869. The summed E-state index contributed by atoms with van der Waals surface area (Å²) in [7, 11) is 0. The van der Waals surface area contributed by atoms with Crippen molar-refractivity contribution in [2.45, 2.75) is 6.61 Å². The predicted octanol–water partition coefficient (Wildman–Crippen LogP) is 3.47. The van der Waals surface area contributed by atoms with E-state index >= 15 is 0 Å². The monoisotopic (exact) mass is 356 g/mol. The van der Waals surface area contributed by atoms with Crippen molar-refractivity contribution in [3.63, 3.8) is 0 Å². The standard InChI is InChI=1S/C18H13ClN2O4/c19-13-3-5-17-20-14(9-21(17)8-13)10-23-18(22)6-2-12-1-4-15-16(7-12)25-11-24-15/h1-9H,10-11H2. The van der Waals surface area contributed by atoms with Gasteiger partial charge in [-0.15, -0.1) is 0 Å². The second-order valence-electron chi connectivity index (χ2n) is 5.40. The zero-order chi connectivity index (χ0) is 17.2. The molecule has 0 radical (unpaired) electrons. The summed E-state index contributed by atoms with van der Waals surface area (Å²) in [5.41, 5.74) is 2.21. The smallest absolute Gasteiger partial charge is 0.331 e. The highest BCUT2D eigenvalue weighted by atomic mass is 35.5. The average molecular weight is 357 g/mol. The van der Waals surface area contributed by atoms with Gasteiger partial charge in [-0.25, -0.2) is 9.78 Å². The fourth-order valence-corrected chi connectivity index (χ4v) is 2.63. The lowest BCUT2D eigenvalue weighted by atomic mass is 10.2. The van der Waals surface area contributed by atoms with E-state index in [-0.39, 0.29) is 13.4 Å². The molecule has 4 rings (SSSR count). The van der Waals surface area contributed by atoms with E-state index in [2.05, 4.69) is 4.98 Å². The van der Waals surface area contributed by atoms with Crippen molar-refractivity contribution >= 4 is 29.3 Å². The molecule has 6 nitrogen and oxygen atoms in total. The molecule has 0 fully saturated rings. The number of halogens is 1. The number of esters is 1. The summed E-state index contributed by atoms with van der Waals surface area (Å²) in [6.45, 7) is 0.304. The van der Waals surface area contributed by atoms with Gasteiger partial charge in [-0.2, -0.15) is 0 Å². The van der Waals surface area contributed by atoms with E-state index in [1.165, 1.54) is 6.08 Å². The minimum Gasteiger partial charge on any atom is -0.456 e. The van der Waals surface area contributed by atoms with Gasteiger partial charge in [0.1, 0.15) is 12.3 Å².